The summed E-state index contributed by atoms with van der Waals surface area (Å²) >= 11 is 1.35. The summed E-state index contributed by atoms with van der Waals surface area (Å²) in [7, 11) is 3.26. The topological polar surface area (TPSA) is 169 Å². The number of H-pyrrole nitrogens is 2. The van der Waals surface area contributed by atoms with Gasteiger partial charge in [0.1, 0.15) is 28.6 Å². The minimum atomic E-state index is -1.02. The second-order valence-corrected chi connectivity index (χ2v) is 15.4. The number of aromatic amines is 2. The SMILES string of the molecule is COc1cc(N2CCCC2)c(OC)cc1N=Nc1nc2ccc(C(=O)N3CCc4c3ccc3[nH]c(C(=O)N5CCc6c5ccc5[nH]c(C(=O)O)cc65)cc43)cc2s1. The van der Waals surface area contributed by atoms with E-state index in [0.29, 0.717) is 59.5 Å². The van der Waals surface area contributed by atoms with Gasteiger partial charge in [0.15, 0.2) is 0 Å². The Morgan fingerprint density at radius 1 is 0.719 bits per heavy atom. The largest absolute Gasteiger partial charge is 0.494 e. The number of aromatic carboxylic acids is 1. The number of amides is 2. The predicted octanol–water partition coefficient (Wildman–Crippen LogP) is 8.40. The van der Waals surface area contributed by atoms with E-state index in [2.05, 4.69) is 30.1 Å². The number of rotatable bonds is 8. The van der Waals surface area contributed by atoms with E-state index >= 15 is 0 Å². The Kier molecular flexibility index (Phi) is 8.21. The molecule has 10 rings (SSSR count). The Morgan fingerprint density at radius 3 is 2.04 bits per heavy atom. The molecule has 7 aromatic rings. The standard InChI is InChI=1S/C42H36N8O6S/c1-55-36-21-35(48-13-3-4-14-48)37(56-2)20-30(36)46-47-42-45-29-6-5-22(17-38(29)57-42)39(51)49-15-11-23-25-18-31(43-27(25)7-9-33(23)49)40(52)50-16-12-24-26-19-32(41(53)54)44-28(26)8-10-34(24)50/h5-10,17-21,43-44H,3-4,11-16H2,1-2H3,(H,53,54). The van der Waals surface area contributed by atoms with Crippen LogP contribution in [0.25, 0.3) is 32.0 Å². The lowest BCUT2D eigenvalue weighted by Gasteiger charge is -2.21. The van der Waals surface area contributed by atoms with Gasteiger partial charge in [-0.05, 0) is 91.4 Å². The van der Waals surface area contributed by atoms with E-state index in [4.69, 9.17) is 9.47 Å². The van der Waals surface area contributed by atoms with Gasteiger partial charge in [-0.3, -0.25) is 9.59 Å². The van der Waals surface area contributed by atoms with Crippen molar-refractivity contribution >= 4 is 89.0 Å². The van der Waals surface area contributed by atoms with Crippen molar-refractivity contribution in [2.24, 2.45) is 10.2 Å². The number of carboxylic acids is 1. The van der Waals surface area contributed by atoms with E-state index in [9.17, 15) is 19.5 Å². The van der Waals surface area contributed by atoms with Gasteiger partial charge in [-0.15, -0.1) is 10.2 Å². The second-order valence-electron chi connectivity index (χ2n) is 14.4. The Balaban J connectivity index is 0.883. The highest BCUT2D eigenvalue weighted by Crippen LogP contribution is 2.43. The molecule has 0 radical (unpaired) electrons. The van der Waals surface area contributed by atoms with E-state index in [1.54, 1.807) is 36.2 Å². The molecular formula is C42H36N8O6S. The first-order valence-electron chi connectivity index (χ1n) is 18.8. The number of hydrogen-bond acceptors (Lipinski definition) is 10. The average Bonchev–Trinajstić information content (AvgIpc) is 4.08. The summed E-state index contributed by atoms with van der Waals surface area (Å²) in [5.41, 5.74) is 8.46. The molecule has 3 aliphatic rings. The van der Waals surface area contributed by atoms with Crippen LogP contribution in [0.15, 0.2) is 77.0 Å². The molecular weight excluding hydrogens is 745 g/mol. The summed E-state index contributed by atoms with van der Waals surface area (Å²) in [6, 6.07) is 20.3. The Labute approximate surface area is 329 Å². The number of aromatic nitrogens is 3. The molecule has 6 heterocycles. The molecule has 0 unspecified atom stereocenters. The van der Waals surface area contributed by atoms with Crippen LogP contribution < -0.4 is 24.2 Å². The number of thiazole rings is 1. The quantitative estimate of drug-likeness (QED) is 0.129. The molecule has 57 heavy (non-hydrogen) atoms. The molecule has 286 valence electrons. The van der Waals surface area contributed by atoms with E-state index in [0.717, 1.165) is 86.1 Å². The maximum Gasteiger partial charge on any atom is 0.352 e. The smallest absolute Gasteiger partial charge is 0.352 e. The summed E-state index contributed by atoms with van der Waals surface area (Å²) in [5.74, 6) is -0.00545. The van der Waals surface area contributed by atoms with Gasteiger partial charge in [0.25, 0.3) is 11.8 Å². The lowest BCUT2D eigenvalue weighted by Crippen LogP contribution is -2.29. The van der Waals surface area contributed by atoms with Crippen molar-refractivity contribution in [1.82, 2.24) is 15.0 Å². The minimum Gasteiger partial charge on any atom is -0.494 e. The summed E-state index contributed by atoms with van der Waals surface area (Å²) in [6.45, 7) is 2.93. The molecule has 0 atom stereocenters. The number of benzene rings is 4. The molecule has 14 nitrogen and oxygen atoms in total. The highest BCUT2D eigenvalue weighted by atomic mass is 32.1. The van der Waals surface area contributed by atoms with Gasteiger partial charge in [-0.25, -0.2) is 9.78 Å². The van der Waals surface area contributed by atoms with Crippen LogP contribution in [0.5, 0.6) is 11.5 Å². The van der Waals surface area contributed by atoms with Crippen LogP contribution in [0.2, 0.25) is 0 Å². The first-order valence-corrected chi connectivity index (χ1v) is 19.6. The molecule has 3 aromatic heterocycles. The number of azo groups is 1. The van der Waals surface area contributed by atoms with Crippen molar-refractivity contribution < 1.29 is 29.0 Å². The summed E-state index contributed by atoms with van der Waals surface area (Å²) in [6.07, 6.45) is 3.55. The highest BCUT2D eigenvalue weighted by Gasteiger charge is 2.32. The molecule has 0 aliphatic carbocycles. The zero-order valence-corrected chi connectivity index (χ0v) is 31.9. The van der Waals surface area contributed by atoms with Crippen LogP contribution in [0.4, 0.5) is 27.9 Å². The van der Waals surface area contributed by atoms with Gasteiger partial charge in [-0.1, -0.05) is 11.3 Å². The molecule has 1 fully saturated rings. The number of hydrogen-bond donors (Lipinski definition) is 3. The Hall–Kier alpha value is -6.74. The maximum atomic E-state index is 14.0. The van der Waals surface area contributed by atoms with Gasteiger partial charge >= 0.3 is 5.97 Å². The zero-order chi connectivity index (χ0) is 38.9. The molecule has 1 saturated heterocycles. The fraction of sp³-hybridized carbons (Fsp3) is 0.238. The lowest BCUT2D eigenvalue weighted by atomic mass is 10.1. The van der Waals surface area contributed by atoms with E-state index in [1.807, 2.05) is 54.6 Å². The number of ether oxygens (including phenoxy) is 2. The number of methoxy groups -OCH3 is 2. The van der Waals surface area contributed by atoms with E-state index < -0.39 is 5.97 Å². The Morgan fingerprint density at radius 2 is 1.37 bits per heavy atom. The predicted molar refractivity (Wildman–Crippen MR) is 219 cm³/mol. The highest BCUT2D eigenvalue weighted by molar-refractivity contribution is 7.21. The molecule has 0 spiro atoms. The molecule has 3 N–H and O–H groups in total. The van der Waals surface area contributed by atoms with Crippen LogP contribution >= 0.6 is 11.3 Å². The third-order valence-corrected chi connectivity index (χ3v) is 12.2. The summed E-state index contributed by atoms with van der Waals surface area (Å²) in [5, 5.41) is 20.6. The van der Waals surface area contributed by atoms with Gasteiger partial charge in [0.05, 0.1) is 30.1 Å². The van der Waals surface area contributed by atoms with Crippen molar-refractivity contribution in [1.29, 1.82) is 0 Å². The summed E-state index contributed by atoms with van der Waals surface area (Å²) < 4.78 is 12.2. The zero-order valence-electron chi connectivity index (χ0n) is 31.1. The molecule has 3 aliphatic heterocycles. The van der Waals surface area contributed by atoms with Crippen molar-refractivity contribution in [3.8, 4) is 11.5 Å². The third kappa shape index (κ3) is 5.76. The van der Waals surface area contributed by atoms with Crippen LogP contribution in [0.3, 0.4) is 0 Å². The number of nitrogens with one attached hydrogen (secondary N) is 2. The summed E-state index contributed by atoms with van der Waals surface area (Å²) in [4.78, 5) is 56.2. The van der Waals surface area contributed by atoms with Crippen LogP contribution in [-0.2, 0) is 12.8 Å². The van der Waals surface area contributed by atoms with Gasteiger partial charge < -0.3 is 39.2 Å². The normalized spacial score (nSPS) is 15.1. The monoisotopic (exact) mass is 780 g/mol. The number of carboxylic acid groups (broad SMARTS) is 1. The molecule has 4 aromatic carbocycles. The van der Waals surface area contributed by atoms with Crippen molar-refractivity contribution in [2.75, 3.05) is 55.1 Å². The maximum absolute atomic E-state index is 14.0. The minimum absolute atomic E-state index is 0.120. The van der Waals surface area contributed by atoms with Gasteiger partial charge in [0.2, 0.25) is 5.13 Å². The first-order chi connectivity index (χ1) is 27.8. The number of anilines is 3. The lowest BCUT2D eigenvalue weighted by molar-refractivity contribution is 0.0691. The fourth-order valence-electron chi connectivity index (χ4n) is 8.51. The van der Waals surface area contributed by atoms with Gasteiger partial charge in [0, 0.05) is 77.1 Å². The average molecular weight is 781 g/mol. The molecule has 2 amide bonds. The van der Waals surface area contributed by atoms with Gasteiger partial charge in [-0.2, -0.15) is 0 Å². The number of fused-ring (bicyclic) bond motifs is 7. The number of carbonyl (C=O) groups excluding carboxylic acids is 2. The second kappa shape index (κ2) is 13.5. The Bertz CT molecular complexity index is 2850. The first kappa shape index (κ1) is 34.7. The fourth-order valence-corrected chi connectivity index (χ4v) is 9.34. The number of nitrogens with zero attached hydrogens (tertiary/aromatic N) is 6. The van der Waals surface area contributed by atoms with Crippen molar-refractivity contribution in [2.45, 2.75) is 25.7 Å². The van der Waals surface area contributed by atoms with Crippen LogP contribution in [0, 0.1) is 0 Å². The van der Waals surface area contributed by atoms with Crippen LogP contribution in [0.1, 0.15) is 55.3 Å². The van der Waals surface area contributed by atoms with Crippen molar-refractivity contribution in [3.63, 3.8) is 0 Å². The van der Waals surface area contributed by atoms with E-state index in [1.165, 1.54) is 11.3 Å². The van der Waals surface area contributed by atoms with Crippen molar-refractivity contribution in [3.05, 3.63) is 94.8 Å². The number of carbonyl (C=O) groups is 3. The molecule has 0 bridgehead atoms. The van der Waals surface area contributed by atoms with E-state index in [-0.39, 0.29) is 17.5 Å². The molecule has 15 heteroatoms. The third-order valence-electron chi connectivity index (χ3n) is 11.3. The molecule has 0 saturated carbocycles. The van der Waals surface area contributed by atoms with Crippen LogP contribution in [-0.4, -0.2) is 78.2 Å².